The summed E-state index contributed by atoms with van der Waals surface area (Å²) in [7, 11) is 1.35. The Hall–Kier alpha value is -3.09. The van der Waals surface area contributed by atoms with E-state index in [4.69, 9.17) is 16.3 Å². The summed E-state index contributed by atoms with van der Waals surface area (Å²) < 4.78 is 21.9. The van der Waals surface area contributed by atoms with Gasteiger partial charge in [0, 0.05) is 22.4 Å². The lowest BCUT2D eigenvalue weighted by Crippen LogP contribution is -3.00. The summed E-state index contributed by atoms with van der Waals surface area (Å²) >= 11 is 6.23. The molecule has 0 aliphatic heterocycles. The van der Waals surface area contributed by atoms with Crippen LogP contribution in [0.1, 0.15) is 10.5 Å². The number of ether oxygens (including phenoxy) is 1. The highest BCUT2D eigenvalue weighted by atomic mass is 35.5. The van der Waals surface area contributed by atoms with Crippen molar-refractivity contribution in [3.8, 4) is 5.69 Å². The number of pyridine rings is 1. The van der Waals surface area contributed by atoms with Crippen molar-refractivity contribution < 1.29 is 30.9 Å². The van der Waals surface area contributed by atoms with E-state index in [0.717, 1.165) is 27.3 Å². The van der Waals surface area contributed by atoms with Crippen molar-refractivity contribution in [3.05, 3.63) is 77.6 Å². The molecule has 0 fully saturated rings. The summed E-state index contributed by atoms with van der Waals surface area (Å²) in [5.74, 6) is -0.864. The number of para-hydroxylation sites is 1. The lowest BCUT2D eigenvalue weighted by Gasteiger charge is -2.00. The Morgan fingerprint density at radius 3 is 2.72 bits per heavy atom. The molecule has 0 saturated carbocycles. The van der Waals surface area contributed by atoms with Crippen molar-refractivity contribution in [2.45, 2.75) is 0 Å². The highest BCUT2D eigenvalue weighted by Crippen LogP contribution is 2.30. The number of nitrogens with one attached hydrogen (secondary N) is 1. The molecule has 0 atom stereocenters. The van der Waals surface area contributed by atoms with Crippen molar-refractivity contribution in [3.63, 3.8) is 0 Å². The maximum Gasteiger partial charge on any atom is 0.378 e. The minimum atomic E-state index is -0.454. The first-order chi connectivity index (χ1) is 13.6. The molecule has 0 spiro atoms. The lowest BCUT2D eigenvalue weighted by atomic mass is 10.1. The topological polar surface area (TPSA) is 50.4 Å². The summed E-state index contributed by atoms with van der Waals surface area (Å²) in [4.78, 5) is 15.9. The number of nitrogens with zero attached hydrogens (tertiary/aromatic N) is 2. The SMILES string of the molecule is COC(=O)c1cc2c3ccccc3[nH]c2c2c[n+](-c3ccc(F)cc3Cl)cn12.[Cl-]. The summed E-state index contributed by atoms with van der Waals surface area (Å²) in [6.45, 7) is 0. The molecule has 5 nitrogen and oxygen atoms in total. The van der Waals surface area contributed by atoms with E-state index in [1.165, 1.54) is 19.2 Å². The number of H-pyrrole nitrogens is 1. The van der Waals surface area contributed by atoms with Gasteiger partial charge in [0.05, 0.1) is 17.6 Å². The van der Waals surface area contributed by atoms with Crippen molar-refractivity contribution in [2.75, 3.05) is 7.11 Å². The van der Waals surface area contributed by atoms with E-state index in [-0.39, 0.29) is 17.4 Å². The number of fused-ring (bicyclic) bond motifs is 5. The Labute approximate surface area is 175 Å². The van der Waals surface area contributed by atoms with Crippen LogP contribution in [-0.2, 0) is 4.74 Å². The Morgan fingerprint density at radius 1 is 1.17 bits per heavy atom. The predicted molar refractivity (Wildman–Crippen MR) is 105 cm³/mol. The van der Waals surface area contributed by atoms with E-state index in [2.05, 4.69) is 4.98 Å². The Morgan fingerprint density at radius 2 is 1.97 bits per heavy atom. The van der Waals surface area contributed by atoms with E-state index in [0.29, 0.717) is 11.4 Å². The van der Waals surface area contributed by atoms with E-state index in [1.54, 1.807) is 21.4 Å². The van der Waals surface area contributed by atoms with Crippen LogP contribution in [0, 0.1) is 5.82 Å². The summed E-state index contributed by atoms with van der Waals surface area (Å²) in [5.41, 5.74) is 3.60. The van der Waals surface area contributed by atoms with Crippen molar-refractivity contribution in [2.24, 2.45) is 0 Å². The molecule has 3 heterocycles. The van der Waals surface area contributed by atoms with Crippen LogP contribution >= 0.6 is 11.6 Å². The Balaban J connectivity index is 0.00000205. The van der Waals surface area contributed by atoms with Gasteiger partial charge in [-0.25, -0.2) is 9.18 Å². The molecule has 5 aromatic rings. The number of benzene rings is 2. The third-order valence-electron chi connectivity index (χ3n) is 4.89. The van der Waals surface area contributed by atoms with E-state index in [9.17, 15) is 9.18 Å². The number of aromatic nitrogens is 3. The first-order valence-electron chi connectivity index (χ1n) is 8.57. The molecule has 5 rings (SSSR count). The fourth-order valence-electron chi connectivity index (χ4n) is 3.60. The van der Waals surface area contributed by atoms with Gasteiger partial charge in [-0.1, -0.05) is 29.8 Å². The van der Waals surface area contributed by atoms with Gasteiger partial charge in [0.15, 0.2) is 11.2 Å². The number of rotatable bonds is 2. The number of carbonyl (C=O) groups excluding carboxylic acids is 1. The third-order valence-corrected chi connectivity index (χ3v) is 5.19. The van der Waals surface area contributed by atoms with Crippen LogP contribution in [-0.4, -0.2) is 22.5 Å². The smallest absolute Gasteiger partial charge is 0.378 e. The Kier molecular flexibility index (Phi) is 4.68. The minimum absolute atomic E-state index is 0. The number of esters is 1. The maximum absolute atomic E-state index is 13.4. The number of methoxy groups -OCH3 is 1. The highest BCUT2D eigenvalue weighted by Gasteiger charge is 2.24. The van der Waals surface area contributed by atoms with Crippen molar-refractivity contribution in [1.82, 2.24) is 9.38 Å². The fourth-order valence-corrected chi connectivity index (χ4v) is 3.86. The summed E-state index contributed by atoms with van der Waals surface area (Å²) in [5, 5.41) is 2.20. The predicted octanol–water partition coefficient (Wildman–Crippen LogP) is 1.43. The highest BCUT2D eigenvalue weighted by molar-refractivity contribution is 6.32. The largest absolute Gasteiger partial charge is 1.00 e. The molecule has 0 bridgehead atoms. The zero-order chi connectivity index (χ0) is 19.4. The average Bonchev–Trinajstić information content (AvgIpc) is 3.28. The summed E-state index contributed by atoms with van der Waals surface area (Å²) in [6.07, 6.45) is 3.58. The van der Waals surface area contributed by atoms with Gasteiger partial charge in [-0.15, -0.1) is 0 Å². The molecule has 3 aromatic heterocycles. The van der Waals surface area contributed by atoms with E-state index < -0.39 is 11.8 Å². The second-order valence-electron chi connectivity index (χ2n) is 6.48. The first kappa shape index (κ1) is 19.2. The van der Waals surface area contributed by atoms with Gasteiger partial charge in [-0.3, -0.25) is 0 Å². The lowest BCUT2D eigenvalue weighted by molar-refractivity contribution is -0.593. The maximum atomic E-state index is 13.4. The normalized spacial score (nSPS) is 11.1. The molecule has 146 valence electrons. The molecule has 0 aliphatic carbocycles. The van der Waals surface area contributed by atoms with Crippen LogP contribution in [0.3, 0.4) is 0 Å². The van der Waals surface area contributed by atoms with Crippen LogP contribution in [0.15, 0.2) is 61.1 Å². The number of imidazole rings is 1. The number of halogens is 3. The average molecular weight is 430 g/mol. The standard InChI is InChI=1S/C21H13ClFN3O2.ClH/c1-28-21(27)18-9-14-13-4-2-3-5-16(13)24-20(14)19-10-25(11-26(18)19)17-7-6-12(23)8-15(17)22;/h2-11H,1H3;1H. The van der Waals surface area contributed by atoms with E-state index >= 15 is 0 Å². The molecule has 0 unspecified atom stereocenters. The second-order valence-corrected chi connectivity index (χ2v) is 6.89. The molecular weight excluding hydrogens is 416 g/mol. The Bertz CT molecular complexity index is 1410. The molecule has 1 N–H and O–H groups in total. The van der Waals surface area contributed by atoms with Crippen LogP contribution in [0.5, 0.6) is 0 Å². The van der Waals surface area contributed by atoms with Crippen LogP contribution < -0.4 is 17.0 Å². The molecular formula is C21H14Cl2FN3O2. The van der Waals surface area contributed by atoms with E-state index in [1.807, 2.05) is 36.5 Å². The number of hydrogen-bond acceptors (Lipinski definition) is 2. The zero-order valence-corrected chi connectivity index (χ0v) is 16.6. The van der Waals surface area contributed by atoms with Gasteiger partial charge >= 0.3 is 5.97 Å². The fraction of sp³-hybridized carbons (Fsp3) is 0.0476. The molecule has 2 aromatic carbocycles. The summed E-state index contributed by atoms with van der Waals surface area (Å²) in [6, 6.07) is 13.9. The number of aromatic amines is 1. The number of carbonyl (C=O) groups is 1. The van der Waals surface area contributed by atoms with Crippen molar-refractivity contribution in [1.29, 1.82) is 0 Å². The van der Waals surface area contributed by atoms with Gasteiger partial charge in [-0.05, 0) is 24.3 Å². The quantitative estimate of drug-likeness (QED) is 0.341. The third kappa shape index (κ3) is 2.92. The van der Waals surface area contributed by atoms with Crippen LogP contribution in [0.4, 0.5) is 4.39 Å². The van der Waals surface area contributed by atoms with Gasteiger partial charge in [0.25, 0.3) is 6.33 Å². The van der Waals surface area contributed by atoms with Crippen LogP contribution in [0.2, 0.25) is 5.02 Å². The van der Waals surface area contributed by atoms with Gasteiger partial charge in [0.2, 0.25) is 5.69 Å². The number of hydrogen-bond donors (Lipinski definition) is 1. The minimum Gasteiger partial charge on any atom is -1.00 e. The monoisotopic (exact) mass is 429 g/mol. The van der Waals surface area contributed by atoms with Crippen LogP contribution in [0.25, 0.3) is 33.0 Å². The second kappa shape index (κ2) is 7.06. The van der Waals surface area contributed by atoms with Gasteiger partial charge in [-0.2, -0.15) is 8.97 Å². The molecule has 0 saturated heterocycles. The first-order valence-corrected chi connectivity index (χ1v) is 8.95. The van der Waals surface area contributed by atoms with Gasteiger partial charge < -0.3 is 22.1 Å². The molecule has 0 amide bonds. The molecule has 0 radical (unpaired) electrons. The van der Waals surface area contributed by atoms with Gasteiger partial charge in [0.1, 0.15) is 12.0 Å². The zero-order valence-electron chi connectivity index (χ0n) is 15.1. The van der Waals surface area contributed by atoms with Crippen molar-refractivity contribution >= 4 is 44.9 Å². The molecule has 8 heteroatoms. The molecule has 0 aliphatic rings. The molecule has 29 heavy (non-hydrogen) atoms.